The molecule has 0 aromatic carbocycles. The summed E-state index contributed by atoms with van der Waals surface area (Å²) in [6.07, 6.45) is 0.317. The Hall–Kier alpha value is -0.795. The van der Waals surface area contributed by atoms with Gasteiger partial charge in [0.2, 0.25) is 0 Å². The largest absolute Gasteiger partial charge is 0.393 e. The van der Waals surface area contributed by atoms with E-state index in [2.05, 4.69) is 4.74 Å². The fourth-order valence-corrected chi connectivity index (χ4v) is 0.711. The first kappa shape index (κ1) is 6.33. The Bertz CT molecular complexity index is 138. The molecule has 1 rings (SSSR count). The minimum Gasteiger partial charge on any atom is -0.393 e. The topological polar surface area (TPSA) is 43.4 Å². The van der Waals surface area contributed by atoms with E-state index < -0.39 is 11.9 Å². The van der Waals surface area contributed by atoms with E-state index in [1.165, 1.54) is 0 Å². The zero-order valence-electron chi connectivity index (χ0n) is 4.79. The third-order valence-corrected chi connectivity index (χ3v) is 1.09. The van der Waals surface area contributed by atoms with Gasteiger partial charge in [-0.25, -0.2) is 0 Å². The van der Waals surface area contributed by atoms with Crippen LogP contribution in [0.25, 0.3) is 0 Å². The average molecular weight is 124 g/mol. The van der Waals surface area contributed by atoms with Gasteiger partial charge < -0.3 is 4.74 Å². The predicted octanol–water partition coefficient (Wildman–Crippen LogP) is -0.193. The van der Waals surface area contributed by atoms with Crippen LogP contribution >= 0.6 is 0 Å². The molecule has 0 bridgehead atoms. The Morgan fingerprint density at radius 1 is 1.33 bits per heavy atom. The van der Waals surface area contributed by atoms with Gasteiger partial charge in [0.05, 0.1) is 7.85 Å². The van der Waals surface area contributed by atoms with E-state index in [1.807, 2.05) is 0 Å². The summed E-state index contributed by atoms with van der Waals surface area (Å²) < 4.78 is 4.20. The van der Waals surface area contributed by atoms with E-state index >= 15 is 0 Å². The van der Waals surface area contributed by atoms with Gasteiger partial charge in [-0.15, -0.1) is 0 Å². The van der Waals surface area contributed by atoms with Gasteiger partial charge in [-0.3, -0.25) is 9.59 Å². The second-order valence-electron chi connectivity index (χ2n) is 2.01. The molecule has 4 heteroatoms. The molecule has 1 aliphatic rings. The molecule has 2 radical (unpaired) electrons. The van der Waals surface area contributed by atoms with E-state index in [4.69, 9.17) is 7.85 Å². The molecular formula is C5H5BO3. The summed E-state index contributed by atoms with van der Waals surface area (Å²) in [4.78, 5) is 20.7. The van der Waals surface area contributed by atoms with Crippen molar-refractivity contribution in [1.82, 2.24) is 0 Å². The Kier molecular flexibility index (Phi) is 1.55. The van der Waals surface area contributed by atoms with Gasteiger partial charge in [-0.1, -0.05) is 5.82 Å². The first-order valence-corrected chi connectivity index (χ1v) is 2.67. The highest BCUT2D eigenvalue weighted by Gasteiger charge is 2.22. The standard InChI is InChI=1S/C5H5BO3/c6-3-1-4(7)9-5(8)2-3/h3H,1-2H2. The van der Waals surface area contributed by atoms with Crippen molar-refractivity contribution < 1.29 is 14.3 Å². The molecule has 1 saturated heterocycles. The number of hydrogen-bond acceptors (Lipinski definition) is 3. The summed E-state index contributed by atoms with van der Waals surface area (Å²) >= 11 is 0. The minimum atomic E-state index is -0.515. The van der Waals surface area contributed by atoms with Crippen LogP contribution in [0.2, 0.25) is 5.82 Å². The van der Waals surface area contributed by atoms with E-state index in [1.54, 1.807) is 0 Å². The van der Waals surface area contributed by atoms with Crippen molar-refractivity contribution in [3.05, 3.63) is 0 Å². The average Bonchev–Trinajstić information content (AvgIpc) is 1.59. The predicted molar refractivity (Wildman–Crippen MR) is 29.8 cm³/mol. The van der Waals surface area contributed by atoms with Crippen LogP contribution in [0.5, 0.6) is 0 Å². The van der Waals surface area contributed by atoms with Crippen LogP contribution in [0.4, 0.5) is 0 Å². The summed E-state index contributed by atoms with van der Waals surface area (Å²) in [6.45, 7) is 0. The number of esters is 2. The van der Waals surface area contributed by atoms with Gasteiger partial charge in [0, 0.05) is 12.8 Å². The van der Waals surface area contributed by atoms with Crippen molar-refractivity contribution in [2.45, 2.75) is 18.7 Å². The van der Waals surface area contributed by atoms with Gasteiger partial charge in [-0.2, -0.15) is 0 Å². The number of carbonyl (C=O) groups excluding carboxylic acids is 2. The van der Waals surface area contributed by atoms with Crippen molar-refractivity contribution in [3.63, 3.8) is 0 Å². The maximum absolute atomic E-state index is 10.4. The molecule has 0 saturated carbocycles. The maximum atomic E-state index is 10.4. The van der Waals surface area contributed by atoms with Crippen LogP contribution in [-0.2, 0) is 14.3 Å². The molecule has 0 spiro atoms. The van der Waals surface area contributed by atoms with E-state index in [-0.39, 0.29) is 18.7 Å². The van der Waals surface area contributed by atoms with Gasteiger partial charge >= 0.3 is 11.9 Å². The Morgan fingerprint density at radius 3 is 2.11 bits per heavy atom. The maximum Gasteiger partial charge on any atom is 0.312 e. The van der Waals surface area contributed by atoms with Crippen LogP contribution < -0.4 is 0 Å². The van der Waals surface area contributed by atoms with Crippen LogP contribution in [0, 0.1) is 0 Å². The molecule has 0 unspecified atom stereocenters. The first-order valence-electron chi connectivity index (χ1n) is 2.67. The van der Waals surface area contributed by atoms with Crippen molar-refractivity contribution in [1.29, 1.82) is 0 Å². The monoisotopic (exact) mass is 124 g/mol. The molecule has 0 aliphatic carbocycles. The van der Waals surface area contributed by atoms with Crippen molar-refractivity contribution in [2.75, 3.05) is 0 Å². The molecule has 46 valence electrons. The number of hydrogen-bond donors (Lipinski definition) is 0. The van der Waals surface area contributed by atoms with Gasteiger partial charge in [0.25, 0.3) is 0 Å². The van der Waals surface area contributed by atoms with E-state index in [0.717, 1.165) is 0 Å². The summed E-state index contributed by atoms with van der Waals surface area (Å²) in [5.41, 5.74) is 0. The van der Waals surface area contributed by atoms with E-state index in [9.17, 15) is 9.59 Å². The van der Waals surface area contributed by atoms with Crippen molar-refractivity contribution >= 4 is 19.8 Å². The van der Waals surface area contributed by atoms with Crippen molar-refractivity contribution in [3.8, 4) is 0 Å². The van der Waals surface area contributed by atoms with Crippen LogP contribution in [0.1, 0.15) is 12.8 Å². The summed E-state index contributed by atoms with van der Waals surface area (Å²) in [5.74, 6) is -1.36. The van der Waals surface area contributed by atoms with Gasteiger partial charge in [0.15, 0.2) is 0 Å². The number of rotatable bonds is 0. The normalized spacial score (nSPS) is 21.8. The highest BCUT2D eigenvalue weighted by atomic mass is 16.6. The lowest BCUT2D eigenvalue weighted by molar-refractivity contribution is -0.162. The zero-order chi connectivity index (χ0) is 6.85. The SMILES string of the molecule is [B]C1CC(=O)OC(=O)C1. The van der Waals surface area contributed by atoms with Gasteiger partial charge in [0.1, 0.15) is 0 Å². The lowest BCUT2D eigenvalue weighted by Crippen LogP contribution is -2.22. The van der Waals surface area contributed by atoms with Crippen LogP contribution in [0.3, 0.4) is 0 Å². The molecule has 3 nitrogen and oxygen atoms in total. The zero-order valence-corrected chi connectivity index (χ0v) is 4.79. The van der Waals surface area contributed by atoms with Gasteiger partial charge in [-0.05, 0) is 0 Å². The molecule has 0 amide bonds. The minimum absolute atomic E-state index is 0.158. The summed E-state index contributed by atoms with van der Waals surface area (Å²) in [7, 11) is 5.29. The summed E-state index contributed by atoms with van der Waals surface area (Å²) in [5, 5.41) is 0. The van der Waals surface area contributed by atoms with E-state index in [0.29, 0.717) is 0 Å². The lowest BCUT2D eigenvalue weighted by atomic mass is 9.81. The molecule has 1 aliphatic heterocycles. The molecule has 0 atom stereocenters. The number of cyclic esters (lactones) is 2. The summed E-state index contributed by atoms with van der Waals surface area (Å²) in [6, 6.07) is 0. The third-order valence-electron chi connectivity index (χ3n) is 1.09. The molecule has 9 heavy (non-hydrogen) atoms. The van der Waals surface area contributed by atoms with Crippen molar-refractivity contribution in [2.24, 2.45) is 0 Å². The molecular weight excluding hydrogens is 119 g/mol. The fourth-order valence-electron chi connectivity index (χ4n) is 0.711. The highest BCUT2D eigenvalue weighted by molar-refractivity contribution is 6.15. The second-order valence-corrected chi connectivity index (χ2v) is 2.01. The molecule has 0 aromatic heterocycles. The molecule has 1 fully saturated rings. The smallest absolute Gasteiger partial charge is 0.312 e. The molecule has 1 heterocycles. The molecule has 0 aromatic rings. The quantitative estimate of drug-likeness (QED) is 0.255. The highest BCUT2D eigenvalue weighted by Crippen LogP contribution is 2.17. The van der Waals surface area contributed by atoms with Crippen LogP contribution in [0.15, 0.2) is 0 Å². The second kappa shape index (κ2) is 2.21. The fraction of sp³-hybridized carbons (Fsp3) is 0.600. The Morgan fingerprint density at radius 2 is 1.78 bits per heavy atom. The number of ether oxygens (including phenoxy) is 1. The first-order chi connectivity index (χ1) is 4.18. The van der Waals surface area contributed by atoms with Crippen LogP contribution in [-0.4, -0.2) is 19.8 Å². The Balaban J connectivity index is 2.53. The molecule has 0 N–H and O–H groups in total. The third kappa shape index (κ3) is 1.55. The Labute approximate surface area is 53.8 Å². The lowest BCUT2D eigenvalue weighted by Gasteiger charge is -2.14. The number of carbonyl (C=O) groups is 2.